The van der Waals surface area contributed by atoms with E-state index in [9.17, 15) is 5.11 Å². The molecule has 29 heavy (non-hydrogen) atoms. The summed E-state index contributed by atoms with van der Waals surface area (Å²) < 4.78 is 0. The molecule has 1 aromatic heterocycles. The normalized spacial score (nSPS) is 12.8. The highest BCUT2D eigenvalue weighted by Crippen LogP contribution is 2.33. The number of nitrogens with zero attached hydrogens (tertiary/aromatic N) is 1. The van der Waals surface area contributed by atoms with Crippen LogP contribution in [0.4, 0.5) is 0 Å². The summed E-state index contributed by atoms with van der Waals surface area (Å²) in [6.45, 7) is 11.0. The molecule has 0 aliphatic carbocycles. The van der Waals surface area contributed by atoms with E-state index < -0.39 is 0 Å². The first-order chi connectivity index (χ1) is 13.9. The predicted octanol–water partition coefficient (Wildman–Crippen LogP) is 5.58. The van der Waals surface area contributed by atoms with Crippen LogP contribution in [0.1, 0.15) is 32.3 Å². The van der Waals surface area contributed by atoms with Crippen molar-refractivity contribution >= 4 is 16.3 Å². The average Bonchev–Trinajstić information content (AvgIpc) is 3.13. The molecule has 0 spiro atoms. The van der Waals surface area contributed by atoms with Gasteiger partial charge in [-0.1, -0.05) is 62.9 Å². The van der Waals surface area contributed by atoms with Crippen LogP contribution >= 0.6 is 0 Å². The van der Waals surface area contributed by atoms with E-state index >= 15 is 0 Å². The van der Waals surface area contributed by atoms with Crippen LogP contribution < -0.4 is 5.32 Å². The lowest BCUT2D eigenvalue weighted by Gasteiger charge is -2.21. The molecule has 0 atom stereocenters. The average molecular weight is 388 g/mol. The number of allylic oxidation sites excluding steroid dienone is 5. The summed E-state index contributed by atoms with van der Waals surface area (Å²) in [5, 5.41) is 15.1. The van der Waals surface area contributed by atoms with Crippen LogP contribution in [-0.2, 0) is 5.41 Å². The molecule has 4 nitrogen and oxygen atoms in total. The van der Waals surface area contributed by atoms with E-state index in [2.05, 4.69) is 48.9 Å². The van der Waals surface area contributed by atoms with E-state index in [1.54, 1.807) is 18.2 Å². The number of H-pyrrole nitrogens is 1. The number of imidazole rings is 1. The van der Waals surface area contributed by atoms with Gasteiger partial charge in [-0.25, -0.2) is 4.98 Å². The van der Waals surface area contributed by atoms with Gasteiger partial charge in [0.05, 0.1) is 11.4 Å². The maximum absolute atomic E-state index is 9.75. The minimum Gasteiger partial charge on any atom is -0.508 e. The Morgan fingerprint density at radius 3 is 2.62 bits per heavy atom. The summed E-state index contributed by atoms with van der Waals surface area (Å²) in [5.74, 6) is 1.20. The van der Waals surface area contributed by atoms with Crippen molar-refractivity contribution in [2.75, 3.05) is 13.6 Å². The quantitative estimate of drug-likeness (QED) is 0.464. The molecular formula is C25H29N3O. The summed E-state index contributed by atoms with van der Waals surface area (Å²) >= 11 is 0. The summed E-state index contributed by atoms with van der Waals surface area (Å²) in [5.41, 5.74) is 3.79. The Bertz CT molecular complexity index is 1090. The van der Waals surface area contributed by atoms with Gasteiger partial charge in [0.25, 0.3) is 0 Å². The van der Waals surface area contributed by atoms with Crippen molar-refractivity contribution in [3.05, 3.63) is 78.8 Å². The zero-order chi connectivity index (χ0) is 21.0. The zero-order valence-electron chi connectivity index (χ0n) is 17.6. The molecule has 150 valence electrons. The molecule has 0 bridgehead atoms. The molecule has 2 aromatic carbocycles. The predicted molar refractivity (Wildman–Crippen MR) is 123 cm³/mol. The number of phenolic OH excluding ortho intramolecular Hbond substituents is 1. The van der Waals surface area contributed by atoms with Crippen molar-refractivity contribution in [2.24, 2.45) is 0 Å². The molecular weight excluding hydrogens is 358 g/mol. The van der Waals surface area contributed by atoms with Crippen LogP contribution in [0.3, 0.4) is 0 Å². The highest BCUT2D eigenvalue weighted by Gasteiger charge is 2.26. The number of aromatic nitrogens is 2. The lowest BCUT2D eigenvalue weighted by molar-refractivity contribution is 0.469. The molecule has 0 radical (unpaired) electrons. The van der Waals surface area contributed by atoms with Gasteiger partial charge in [-0.3, -0.25) is 0 Å². The van der Waals surface area contributed by atoms with Crippen LogP contribution in [0.5, 0.6) is 5.75 Å². The lowest BCUT2D eigenvalue weighted by atomic mass is 9.92. The van der Waals surface area contributed by atoms with Crippen molar-refractivity contribution in [3.8, 4) is 17.0 Å². The first kappa shape index (κ1) is 20.6. The SMILES string of the molecule is C=C/C=C(\C=C/C)c1[nH]c(C(C)(C)CNC)nc1-c1ccc2cc(O)ccc2c1. The van der Waals surface area contributed by atoms with Crippen LogP contribution in [-0.4, -0.2) is 28.7 Å². The molecule has 0 amide bonds. The van der Waals surface area contributed by atoms with E-state index in [1.807, 2.05) is 38.3 Å². The van der Waals surface area contributed by atoms with E-state index in [4.69, 9.17) is 4.98 Å². The fraction of sp³-hybridized carbons (Fsp3) is 0.240. The number of aromatic hydroxyl groups is 1. The topological polar surface area (TPSA) is 60.9 Å². The number of likely N-dealkylation sites (N-methyl/N-ethyl adjacent to an activating group) is 1. The van der Waals surface area contributed by atoms with Crippen molar-refractivity contribution in [1.82, 2.24) is 15.3 Å². The van der Waals surface area contributed by atoms with Gasteiger partial charge in [-0.05, 0) is 48.5 Å². The minimum atomic E-state index is -0.153. The van der Waals surface area contributed by atoms with Crippen molar-refractivity contribution in [1.29, 1.82) is 0 Å². The van der Waals surface area contributed by atoms with E-state index in [0.29, 0.717) is 0 Å². The number of phenols is 1. The number of hydrogen-bond acceptors (Lipinski definition) is 3. The molecule has 0 saturated carbocycles. The van der Waals surface area contributed by atoms with Gasteiger partial charge >= 0.3 is 0 Å². The second kappa shape index (κ2) is 8.50. The van der Waals surface area contributed by atoms with Crippen LogP contribution in [0, 0.1) is 0 Å². The number of rotatable bonds is 7. The Morgan fingerprint density at radius 2 is 1.93 bits per heavy atom. The first-order valence-electron chi connectivity index (χ1n) is 9.83. The largest absolute Gasteiger partial charge is 0.508 e. The van der Waals surface area contributed by atoms with Gasteiger partial charge in [0, 0.05) is 17.5 Å². The fourth-order valence-corrected chi connectivity index (χ4v) is 3.55. The van der Waals surface area contributed by atoms with E-state index in [0.717, 1.165) is 45.7 Å². The smallest absolute Gasteiger partial charge is 0.116 e. The Balaban J connectivity index is 2.23. The highest BCUT2D eigenvalue weighted by molar-refractivity contribution is 5.90. The Morgan fingerprint density at radius 1 is 1.21 bits per heavy atom. The molecule has 0 aliphatic rings. The molecule has 3 rings (SSSR count). The third-order valence-corrected chi connectivity index (χ3v) is 4.99. The Hall–Kier alpha value is -3.11. The number of fused-ring (bicyclic) bond motifs is 1. The van der Waals surface area contributed by atoms with Gasteiger partial charge in [0.1, 0.15) is 11.6 Å². The van der Waals surface area contributed by atoms with Crippen LogP contribution in [0.15, 0.2) is 67.3 Å². The summed E-state index contributed by atoms with van der Waals surface area (Å²) in [6.07, 6.45) is 7.86. The first-order valence-corrected chi connectivity index (χ1v) is 9.83. The van der Waals surface area contributed by atoms with Gasteiger partial charge < -0.3 is 15.4 Å². The third-order valence-electron chi connectivity index (χ3n) is 4.99. The van der Waals surface area contributed by atoms with Crippen molar-refractivity contribution in [2.45, 2.75) is 26.2 Å². The summed E-state index contributed by atoms with van der Waals surface area (Å²) in [6, 6.07) is 11.6. The van der Waals surface area contributed by atoms with Gasteiger partial charge in [0.2, 0.25) is 0 Å². The lowest BCUT2D eigenvalue weighted by Crippen LogP contribution is -2.31. The summed E-state index contributed by atoms with van der Waals surface area (Å²) in [7, 11) is 1.95. The number of hydrogen-bond donors (Lipinski definition) is 3. The van der Waals surface area contributed by atoms with Crippen LogP contribution in [0.25, 0.3) is 27.6 Å². The van der Waals surface area contributed by atoms with Crippen LogP contribution in [0.2, 0.25) is 0 Å². The molecule has 3 aromatic rings. The fourth-order valence-electron chi connectivity index (χ4n) is 3.55. The van der Waals surface area contributed by atoms with Gasteiger partial charge in [0.15, 0.2) is 0 Å². The zero-order valence-corrected chi connectivity index (χ0v) is 17.6. The van der Waals surface area contributed by atoms with Gasteiger partial charge in [-0.15, -0.1) is 0 Å². The van der Waals surface area contributed by atoms with Gasteiger partial charge in [-0.2, -0.15) is 0 Å². The Kier molecular flexibility index (Phi) is 6.04. The van der Waals surface area contributed by atoms with Crippen molar-refractivity contribution < 1.29 is 5.11 Å². The molecule has 1 heterocycles. The maximum atomic E-state index is 9.75. The Labute approximate surface area is 172 Å². The number of aromatic amines is 1. The summed E-state index contributed by atoms with van der Waals surface area (Å²) in [4.78, 5) is 8.60. The molecule has 0 aliphatic heterocycles. The minimum absolute atomic E-state index is 0.153. The highest BCUT2D eigenvalue weighted by atomic mass is 16.3. The molecule has 0 saturated heterocycles. The molecule has 3 N–H and O–H groups in total. The maximum Gasteiger partial charge on any atom is 0.116 e. The molecule has 4 heteroatoms. The third kappa shape index (κ3) is 4.33. The second-order valence-electron chi connectivity index (χ2n) is 7.83. The van der Waals surface area contributed by atoms with E-state index in [-0.39, 0.29) is 11.2 Å². The molecule has 0 fully saturated rings. The second-order valence-corrected chi connectivity index (χ2v) is 7.83. The standard InChI is InChI=1S/C25H29N3O/c1-6-8-17(9-7-2)22-23(28-24(27-22)25(3,4)16-26-5)20-11-10-19-15-21(29)13-12-18(19)14-20/h6-15,26,29H,1,16H2,2-5H3,(H,27,28)/b9-7-,17-8+. The van der Waals surface area contributed by atoms with Crippen molar-refractivity contribution in [3.63, 3.8) is 0 Å². The number of benzene rings is 2. The van der Waals surface area contributed by atoms with E-state index in [1.165, 1.54) is 0 Å². The number of nitrogens with one attached hydrogen (secondary N) is 2. The molecule has 0 unspecified atom stereocenters. The monoisotopic (exact) mass is 387 g/mol.